The van der Waals surface area contributed by atoms with Crippen LogP contribution >= 0.6 is 0 Å². The normalized spacial score (nSPS) is 10.8. The van der Waals surface area contributed by atoms with Crippen molar-refractivity contribution in [3.05, 3.63) is 34.9 Å². The smallest absolute Gasteiger partial charge is 0.445 e. The van der Waals surface area contributed by atoms with Crippen LogP contribution in [0.5, 0.6) is 0 Å². The quantitative estimate of drug-likeness (QED) is 0.329. The molecule has 0 spiro atoms. The predicted molar refractivity (Wildman–Crippen MR) is 111 cm³/mol. The second-order valence-electron chi connectivity index (χ2n) is 5.75. The zero-order valence-electron chi connectivity index (χ0n) is 16.9. The van der Waals surface area contributed by atoms with E-state index in [0.29, 0.717) is 55.5 Å². The van der Waals surface area contributed by atoms with Gasteiger partial charge in [-0.1, -0.05) is 11.8 Å². The number of alkyl carbamates (subject to hydrolysis) is 1. The lowest BCUT2D eigenvalue weighted by atomic mass is 10.1. The Bertz CT molecular complexity index is 691. The van der Waals surface area contributed by atoms with Crippen molar-refractivity contribution in [1.29, 1.82) is 0 Å². The van der Waals surface area contributed by atoms with Gasteiger partial charge in [-0.25, -0.2) is 4.79 Å². The van der Waals surface area contributed by atoms with Gasteiger partial charge in [0.2, 0.25) is 0 Å². The molecule has 7 heteroatoms. The van der Waals surface area contributed by atoms with E-state index in [1.54, 1.807) is 18.2 Å². The number of hydrogen-bond acceptors (Lipinski definition) is 5. The van der Waals surface area contributed by atoms with Crippen molar-refractivity contribution in [1.82, 2.24) is 5.32 Å². The highest BCUT2D eigenvalue weighted by molar-refractivity contribution is 6.60. The third kappa shape index (κ3) is 7.75. The molecule has 0 aliphatic carbocycles. The highest BCUT2D eigenvalue weighted by Crippen LogP contribution is 2.18. The van der Waals surface area contributed by atoms with Crippen molar-refractivity contribution in [2.24, 2.45) is 0 Å². The lowest BCUT2D eigenvalue weighted by molar-refractivity contribution is 0.0706. The van der Waals surface area contributed by atoms with Gasteiger partial charge in [0.1, 0.15) is 6.61 Å². The number of hydrogen-bond donors (Lipinski definition) is 1. The van der Waals surface area contributed by atoms with Crippen LogP contribution in [-0.2, 0) is 24.6 Å². The molecule has 0 saturated carbocycles. The number of nitrogens with one attached hydrogen (secondary N) is 1. The Morgan fingerprint density at radius 2 is 1.71 bits per heavy atom. The molecule has 0 aliphatic rings. The third-order valence-electron chi connectivity index (χ3n) is 3.81. The number of carbonyl (C=O) groups excluding carboxylic acids is 1. The minimum atomic E-state index is -2.69. The Labute approximate surface area is 169 Å². The minimum absolute atomic E-state index is 0.0520. The van der Waals surface area contributed by atoms with E-state index >= 15 is 0 Å². The molecule has 1 rings (SSSR count). The number of carbonyl (C=O) groups is 1. The van der Waals surface area contributed by atoms with E-state index in [1.165, 1.54) is 0 Å². The maximum Gasteiger partial charge on any atom is 0.500 e. The average molecular weight is 404 g/mol. The van der Waals surface area contributed by atoms with Crippen LogP contribution in [0, 0.1) is 24.7 Å². The van der Waals surface area contributed by atoms with E-state index in [-0.39, 0.29) is 6.61 Å². The molecule has 0 aliphatic heterocycles. The molecule has 1 aromatic rings. The summed E-state index contributed by atoms with van der Waals surface area (Å²) in [4.78, 5) is 12.0. The Kier molecular flexibility index (Phi) is 11.0. The molecule has 0 saturated heterocycles. The van der Waals surface area contributed by atoms with Crippen LogP contribution in [0.4, 0.5) is 4.79 Å². The third-order valence-corrected chi connectivity index (χ3v) is 6.96. The monoisotopic (exact) mass is 403 g/mol. The van der Waals surface area contributed by atoms with Gasteiger partial charge in [-0.2, -0.15) is 0 Å². The maximum absolute atomic E-state index is 12.0. The molecular formula is C21H29NO5Si. The van der Waals surface area contributed by atoms with Gasteiger partial charge >= 0.3 is 14.9 Å². The molecule has 0 bridgehead atoms. The predicted octanol–water partition coefficient (Wildman–Crippen LogP) is 3.31. The molecule has 0 aromatic heterocycles. The highest BCUT2D eigenvalue weighted by atomic mass is 28.4. The largest absolute Gasteiger partial charge is 0.500 e. The summed E-state index contributed by atoms with van der Waals surface area (Å²) in [6, 6.07) is 5.86. The molecule has 0 fully saturated rings. The number of ether oxygens (including phenoxy) is 1. The zero-order valence-corrected chi connectivity index (χ0v) is 17.9. The highest BCUT2D eigenvalue weighted by Gasteiger charge is 2.39. The molecule has 1 amide bonds. The minimum Gasteiger partial charge on any atom is -0.445 e. The van der Waals surface area contributed by atoms with Crippen molar-refractivity contribution in [3.8, 4) is 24.7 Å². The van der Waals surface area contributed by atoms with Crippen molar-refractivity contribution >= 4 is 14.9 Å². The first-order chi connectivity index (χ1) is 13.5. The summed E-state index contributed by atoms with van der Waals surface area (Å²) in [7, 11) is -2.69. The van der Waals surface area contributed by atoms with Crippen molar-refractivity contribution < 1.29 is 22.8 Å². The Morgan fingerprint density at radius 1 is 1.07 bits per heavy atom. The van der Waals surface area contributed by atoms with Gasteiger partial charge < -0.3 is 23.3 Å². The first-order valence-corrected chi connectivity index (χ1v) is 11.4. The Morgan fingerprint density at radius 3 is 2.25 bits per heavy atom. The molecule has 6 nitrogen and oxygen atoms in total. The van der Waals surface area contributed by atoms with E-state index in [1.807, 2.05) is 20.8 Å². The van der Waals surface area contributed by atoms with Crippen molar-refractivity contribution in [2.45, 2.75) is 39.8 Å². The number of amides is 1. The summed E-state index contributed by atoms with van der Waals surface area (Å²) in [6.07, 6.45) is 11.0. The van der Waals surface area contributed by atoms with Gasteiger partial charge in [0.05, 0.1) is 0 Å². The summed E-state index contributed by atoms with van der Waals surface area (Å²) >= 11 is 0. The maximum atomic E-state index is 12.0. The average Bonchev–Trinajstić information content (AvgIpc) is 2.70. The van der Waals surface area contributed by atoms with Crippen LogP contribution in [0.2, 0.25) is 6.04 Å². The van der Waals surface area contributed by atoms with E-state index < -0.39 is 14.9 Å². The topological polar surface area (TPSA) is 66.0 Å². The fourth-order valence-corrected chi connectivity index (χ4v) is 5.25. The lowest BCUT2D eigenvalue weighted by Gasteiger charge is -2.28. The summed E-state index contributed by atoms with van der Waals surface area (Å²) in [5.41, 5.74) is 2.03. The molecule has 1 aromatic carbocycles. The van der Waals surface area contributed by atoms with Gasteiger partial charge in [0.25, 0.3) is 0 Å². The van der Waals surface area contributed by atoms with Gasteiger partial charge in [0.15, 0.2) is 0 Å². The fraction of sp³-hybridized carbons (Fsp3) is 0.476. The number of benzene rings is 1. The van der Waals surface area contributed by atoms with E-state index in [9.17, 15) is 4.79 Å². The van der Waals surface area contributed by atoms with E-state index in [4.69, 9.17) is 30.9 Å². The van der Waals surface area contributed by atoms with Crippen LogP contribution in [0.15, 0.2) is 18.2 Å². The standard InChI is InChI=1S/C21H29NO5Si/c1-6-18-12-13-19(7-2)20(16-18)17-24-21(23)22-14-11-15-28(25-8-3,26-9-4)27-10-5/h1-2,12-13,16H,8-11,14-15,17H2,3-5H3,(H,22,23). The van der Waals surface area contributed by atoms with Crippen LogP contribution in [-0.4, -0.2) is 41.3 Å². The van der Waals surface area contributed by atoms with Crippen LogP contribution in [0.25, 0.3) is 0 Å². The SMILES string of the molecule is C#Cc1ccc(C#C)c(COC(=O)NCCC[Si](OCC)(OCC)OCC)c1. The van der Waals surface area contributed by atoms with E-state index in [2.05, 4.69) is 17.2 Å². The van der Waals surface area contributed by atoms with Gasteiger partial charge in [-0.15, -0.1) is 12.8 Å². The van der Waals surface area contributed by atoms with Crippen LogP contribution in [0.1, 0.15) is 43.9 Å². The molecule has 0 radical (unpaired) electrons. The molecule has 0 atom stereocenters. The first kappa shape index (κ1) is 23.7. The Balaban J connectivity index is 2.49. The second kappa shape index (κ2) is 13.0. The van der Waals surface area contributed by atoms with Crippen molar-refractivity contribution in [2.75, 3.05) is 26.4 Å². The zero-order chi connectivity index (χ0) is 20.8. The van der Waals surface area contributed by atoms with Crippen LogP contribution in [0.3, 0.4) is 0 Å². The summed E-state index contributed by atoms with van der Waals surface area (Å²) < 4.78 is 22.6. The fourth-order valence-electron chi connectivity index (χ4n) is 2.63. The Hall–Kier alpha value is -2.29. The van der Waals surface area contributed by atoms with Gasteiger partial charge in [-0.05, 0) is 45.4 Å². The molecule has 0 unspecified atom stereocenters. The summed E-state index contributed by atoms with van der Waals surface area (Å²) in [6.45, 7) is 7.78. The van der Waals surface area contributed by atoms with Gasteiger partial charge in [0, 0.05) is 49.1 Å². The second-order valence-corrected chi connectivity index (χ2v) is 8.48. The van der Waals surface area contributed by atoms with Crippen LogP contribution < -0.4 is 5.32 Å². The van der Waals surface area contributed by atoms with Crippen molar-refractivity contribution in [3.63, 3.8) is 0 Å². The lowest BCUT2D eigenvalue weighted by Crippen LogP contribution is -2.46. The number of terminal acetylenes is 2. The molecule has 0 heterocycles. The molecule has 1 N–H and O–H groups in total. The molecular weight excluding hydrogens is 374 g/mol. The number of rotatable bonds is 12. The first-order valence-electron chi connectivity index (χ1n) is 9.42. The summed E-state index contributed by atoms with van der Waals surface area (Å²) in [5, 5.41) is 2.72. The van der Waals surface area contributed by atoms with E-state index in [0.717, 1.165) is 0 Å². The van der Waals surface area contributed by atoms with Gasteiger partial charge in [-0.3, -0.25) is 0 Å². The summed E-state index contributed by atoms with van der Waals surface area (Å²) in [5.74, 6) is 5.09. The molecule has 152 valence electrons. The molecule has 28 heavy (non-hydrogen) atoms.